The third kappa shape index (κ3) is 6.34. The first-order valence-electron chi connectivity index (χ1n) is 11.1. The molecule has 2 fully saturated rings. The fraction of sp³-hybridized carbons (Fsp3) is 0.636. The van der Waals surface area contributed by atoms with E-state index >= 15 is 0 Å². The monoisotopic (exact) mass is 417 g/mol. The number of amides is 3. The number of likely N-dealkylation sites (N-methyl/N-ethyl adjacent to an activating group) is 1. The molecule has 1 aromatic rings. The molecule has 166 valence electrons. The minimum Gasteiger partial charge on any atom is -0.494 e. The number of piperazine rings is 1. The highest BCUT2D eigenvalue weighted by Gasteiger charge is 2.31. The zero-order valence-corrected chi connectivity index (χ0v) is 18.2. The first-order chi connectivity index (χ1) is 14.6. The standard InChI is InChI=1S/C22H35N5O3/c1-3-25-12-14-26(15-13-25)11-5-10-23-22(29)24-18-16-21(28)27(17-18)19-6-8-20(9-7-19)30-4-2/h6-9,18H,3-5,10-17H2,1-2H3,(H2,23,24,29)/t18-/m1/s1. The van der Waals surface area contributed by atoms with Crippen LogP contribution in [0.3, 0.4) is 0 Å². The van der Waals surface area contributed by atoms with Gasteiger partial charge in [-0.15, -0.1) is 0 Å². The fourth-order valence-corrected chi connectivity index (χ4v) is 4.01. The molecule has 8 heteroatoms. The van der Waals surface area contributed by atoms with Crippen LogP contribution in [0.15, 0.2) is 24.3 Å². The van der Waals surface area contributed by atoms with Crippen LogP contribution in [-0.2, 0) is 4.79 Å². The Kier molecular flexibility index (Phi) is 8.33. The van der Waals surface area contributed by atoms with Crippen LogP contribution in [0.4, 0.5) is 10.5 Å². The van der Waals surface area contributed by atoms with Gasteiger partial charge in [0.1, 0.15) is 5.75 Å². The third-order valence-electron chi connectivity index (χ3n) is 5.77. The molecule has 0 radical (unpaired) electrons. The van der Waals surface area contributed by atoms with E-state index in [9.17, 15) is 9.59 Å². The van der Waals surface area contributed by atoms with Gasteiger partial charge in [-0.3, -0.25) is 4.79 Å². The zero-order chi connectivity index (χ0) is 21.3. The first-order valence-corrected chi connectivity index (χ1v) is 11.1. The topological polar surface area (TPSA) is 77.2 Å². The lowest BCUT2D eigenvalue weighted by Crippen LogP contribution is -2.47. The quantitative estimate of drug-likeness (QED) is 0.596. The van der Waals surface area contributed by atoms with Gasteiger partial charge < -0.3 is 30.1 Å². The van der Waals surface area contributed by atoms with Gasteiger partial charge in [0, 0.05) is 51.4 Å². The third-order valence-corrected chi connectivity index (χ3v) is 5.77. The molecule has 2 aliphatic heterocycles. The van der Waals surface area contributed by atoms with Gasteiger partial charge >= 0.3 is 6.03 Å². The molecule has 3 amide bonds. The van der Waals surface area contributed by atoms with Gasteiger partial charge in [-0.05, 0) is 50.7 Å². The summed E-state index contributed by atoms with van der Waals surface area (Å²) in [7, 11) is 0. The summed E-state index contributed by atoms with van der Waals surface area (Å²) in [5.41, 5.74) is 0.830. The Labute approximate surface area is 179 Å². The summed E-state index contributed by atoms with van der Waals surface area (Å²) in [6, 6.07) is 7.11. The summed E-state index contributed by atoms with van der Waals surface area (Å²) in [6.45, 7) is 12.5. The van der Waals surface area contributed by atoms with Gasteiger partial charge in [-0.1, -0.05) is 6.92 Å². The van der Waals surface area contributed by atoms with Crippen molar-refractivity contribution in [3.05, 3.63) is 24.3 Å². The second-order valence-electron chi connectivity index (χ2n) is 7.86. The van der Waals surface area contributed by atoms with E-state index in [2.05, 4.69) is 27.4 Å². The molecule has 30 heavy (non-hydrogen) atoms. The number of nitrogens with zero attached hydrogens (tertiary/aromatic N) is 3. The molecule has 0 unspecified atom stereocenters. The molecule has 0 spiro atoms. The maximum absolute atomic E-state index is 12.4. The predicted molar refractivity (Wildman–Crippen MR) is 118 cm³/mol. The van der Waals surface area contributed by atoms with Crippen molar-refractivity contribution < 1.29 is 14.3 Å². The van der Waals surface area contributed by atoms with E-state index in [0.717, 1.165) is 57.1 Å². The molecule has 0 saturated carbocycles. The fourth-order valence-electron chi connectivity index (χ4n) is 4.01. The van der Waals surface area contributed by atoms with Crippen LogP contribution in [-0.4, -0.2) is 86.7 Å². The summed E-state index contributed by atoms with van der Waals surface area (Å²) in [5, 5.41) is 5.86. The highest BCUT2D eigenvalue weighted by Crippen LogP contribution is 2.24. The Morgan fingerprint density at radius 2 is 1.80 bits per heavy atom. The van der Waals surface area contributed by atoms with Crippen LogP contribution in [0.1, 0.15) is 26.7 Å². The molecule has 2 aliphatic rings. The molecule has 8 nitrogen and oxygen atoms in total. The van der Waals surface area contributed by atoms with E-state index in [-0.39, 0.29) is 18.0 Å². The summed E-state index contributed by atoms with van der Waals surface area (Å²) in [5.74, 6) is 0.810. The van der Waals surface area contributed by atoms with Crippen molar-refractivity contribution >= 4 is 17.6 Å². The summed E-state index contributed by atoms with van der Waals surface area (Å²) >= 11 is 0. The molecule has 3 rings (SSSR count). The Bertz CT molecular complexity index is 689. The minimum absolute atomic E-state index is 0.0238. The molecule has 0 aromatic heterocycles. The van der Waals surface area contributed by atoms with Gasteiger partial charge in [0.25, 0.3) is 0 Å². The molecule has 2 heterocycles. The maximum Gasteiger partial charge on any atom is 0.315 e. The summed E-state index contributed by atoms with van der Waals surface area (Å²) in [6.07, 6.45) is 1.25. The van der Waals surface area contributed by atoms with Crippen LogP contribution >= 0.6 is 0 Å². The summed E-state index contributed by atoms with van der Waals surface area (Å²) < 4.78 is 5.45. The average molecular weight is 418 g/mol. The van der Waals surface area contributed by atoms with Crippen molar-refractivity contribution in [2.24, 2.45) is 0 Å². The number of hydrogen-bond donors (Lipinski definition) is 2. The van der Waals surface area contributed by atoms with Crippen molar-refractivity contribution in [1.82, 2.24) is 20.4 Å². The van der Waals surface area contributed by atoms with E-state index in [1.165, 1.54) is 0 Å². The van der Waals surface area contributed by atoms with E-state index < -0.39 is 0 Å². The lowest BCUT2D eigenvalue weighted by Gasteiger charge is -2.33. The molecule has 1 atom stereocenters. The molecular formula is C22H35N5O3. The number of rotatable bonds is 9. The molecule has 0 bridgehead atoms. The second kappa shape index (κ2) is 11.2. The number of benzene rings is 1. The average Bonchev–Trinajstić information content (AvgIpc) is 3.12. The van der Waals surface area contributed by atoms with E-state index in [1.807, 2.05) is 31.2 Å². The van der Waals surface area contributed by atoms with Gasteiger partial charge in [0.2, 0.25) is 5.91 Å². The lowest BCUT2D eigenvalue weighted by atomic mass is 10.2. The van der Waals surface area contributed by atoms with Gasteiger partial charge in [0.05, 0.1) is 12.6 Å². The number of nitrogens with one attached hydrogen (secondary N) is 2. The Balaban J connectivity index is 1.34. The van der Waals surface area contributed by atoms with E-state index in [4.69, 9.17) is 4.74 Å². The highest BCUT2D eigenvalue weighted by molar-refractivity contribution is 5.96. The number of carbonyl (C=O) groups excluding carboxylic acids is 2. The van der Waals surface area contributed by atoms with Crippen molar-refractivity contribution in [2.75, 3.05) is 63.9 Å². The Hall–Kier alpha value is -2.32. The number of carbonyl (C=O) groups is 2. The van der Waals surface area contributed by atoms with Crippen LogP contribution in [0.25, 0.3) is 0 Å². The molecule has 2 saturated heterocycles. The number of ether oxygens (including phenoxy) is 1. The van der Waals surface area contributed by atoms with Crippen molar-refractivity contribution in [1.29, 1.82) is 0 Å². The van der Waals surface area contributed by atoms with Crippen LogP contribution in [0, 0.1) is 0 Å². The first kappa shape index (κ1) is 22.4. The molecular weight excluding hydrogens is 382 g/mol. The van der Waals surface area contributed by atoms with Crippen LogP contribution in [0.2, 0.25) is 0 Å². The second-order valence-corrected chi connectivity index (χ2v) is 7.86. The van der Waals surface area contributed by atoms with Gasteiger partial charge in [-0.25, -0.2) is 4.79 Å². The lowest BCUT2D eigenvalue weighted by molar-refractivity contribution is -0.117. The number of urea groups is 1. The SMILES string of the molecule is CCOc1ccc(N2C[C@H](NC(=O)NCCCN3CCN(CC)CC3)CC2=O)cc1. The highest BCUT2D eigenvalue weighted by atomic mass is 16.5. The summed E-state index contributed by atoms with van der Waals surface area (Å²) in [4.78, 5) is 31.2. The molecule has 2 N–H and O–H groups in total. The number of hydrogen-bond acceptors (Lipinski definition) is 5. The molecule has 1 aromatic carbocycles. The van der Waals surface area contributed by atoms with Crippen molar-refractivity contribution in [2.45, 2.75) is 32.7 Å². The van der Waals surface area contributed by atoms with Crippen molar-refractivity contribution in [3.8, 4) is 5.75 Å². The molecule has 0 aliphatic carbocycles. The van der Waals surface area contributed by atoms with E-state index in [0.29, 0.717) is 26.1 Å². The van der Waals surface area contributed by atoms with Gasteiger partial charge in [-0.2, -0.15) is 0 Å². The largest absolute Gasteiger partial charge is 0.494 e. The smallest absolute Gasteiger partial charge is 0.315 e. The zero-order valence-electron chi connectivity index (χ0n) is 18.2. The van der Waals surface area contributed by atoms with Gasteiger partial charge in [0.15, 0.2) is 0 Å². The van der Waals surface area contributed by atoms with Crippen LogP contribution < -0.4 is 20.3 Å². The van der Waals surface area contributed by atoms with Crippen molar-refractivity contribution in [3.63, 3.8) is 0 Å². The Morgan fingerprint density at radius 1 is 1.10 bits per heavy atom. The normalized spacial score (nSPS) is 20.4. The predicted octanol–water partition coefficient (Wildman–Crippen LogP) is 1.52. The van der Waals surface area contributed by atoms with Crippen LogP contribution in [0.5, 0.6) is 5.75 Å². The number of anilines is 1. The maximum atomic E-state index is 12.4. The van der Waals surface area contributed by atoms with E-state index in [1.54, 1.807) is 4.90 Å². The minimum atomic E-state index is -0.197. The Morgan fingerprint density at radius 3 is 2.47 bits per heavy atom.